The van der Waals surface area contributed by atoms with Crippen LogP contribution in [0.25, 0.3) is 0 Å². The van der Waals surface area contributed by atoms with E-state index in [-0.39, 0.29) is 41.9 Å². The highest BCUT2D eigenvalue weighted by Crippen LogP contribution is 2.14. The smallest absolute Gasteiger partial charge is 0.255 e. The molecule has 1 aromatic rings. The lowest BCUT2D eigenvalue weighted by atomic mass is 10.2. The number of alkyl halides is 2. The fraction of sp³-hybridized carbons (Fsp3) is 0.500. The summed E-state index contributed by atoms with van der Waals surface area (Å²) in [5.41, 5.74) is 0. The molecule has 0 amide bonds. The van der Waals surface area contributed by atoms with Gasteiger partial charge in [-0.2, -0.15) is 0 Å². The van der Waals surface area contributed by atoms with Crippen LogP contribution in [0.5, 0.6) is 5.75 Å². The molecular weight excluding hydrogens is 410 g/mol. The summed E-state index contributed by atoms with van der Waals surface area (Å²) in [6, 6.07) is 5.86. The molecule has 0 spiro atoms. The second kappa shape index (κ2) is 11.4. The summed E-state index contributed by atoms with van der Waals surface area (Å²) >= 11 is 0. The third-order valence-corrected chi connectivity index (χ3v) is 2.70. The first-order valence-electron chi connectivity index (χ1n) is 6.70. The molecule has 126 valence electrons. The molecule has 0 saturated heterocycles. The number of ether oxygens (including phenoxy) is 1. The number of halogens is 4. The van der Waals surface area contributed by atoms with E-state index < -0.39 is 13.0 Å². The van der Waals surface area contributed by atoms with Crippen molar-refractivity contribution in [1.82, 2.24) is 10.6 Å². The Hall–Kier alpha value is -1.19. The minimum Gasteiger partial charge on any atom is -0.489 e. The van der Waals surface area contributed by atoms with Gasteiger partial charge in [-0.25, -0.2) is 13.2 Å². The molecule has 0 aliphatic heterocycles. The summed E-state index contributed by atoms with van der Waals surface area (Å²) in [6.07, 6.45) is -2.00. The number of nitrogens with one attached hydrogen (secondary N) is 2. The number of hydrogen-bond donors (Lipinski definition) is 2. The van der Waals surface area contributed by atoms with Crippen LogP contribution in [0.2, 0.25) is 0 Å². The predicted octanol–water partition coefficient (Wildman–Crippen LogP) is 3.03. The molecule has 22 heavy (non-hydrogen) atoms. The van der Waals surface area contributed by atoms with Crippen molar-refractivity contribution in [3.63, 3.8) is 0 Å². The largest absolute Gasteiger partial charge is 0.489 e. The van der Waals surface area contributed by atoms with Crippen molar-refractivity contribution in [2.24, 2.45) is 4.99 Å². The number of rotatable bonds is 7. The zero-order chi connectivity index (χ0) is 15.7. The maximum Gasteiger partial charge on any atom is 0.255 e. The zero-order valence-corrected chi connectivity index (χ0v) is 14.8. The summed E-state index contributed by atoms with van der Waals surface area (Å²) < 4.78 is 42.9. The van der Waals surface area contributed by atoms with E-state index >= 15 is 0 Å². The summed E-state index contributed by atoms with van der Waals surface area (Å²) in [6.45, 7) is 1.82. The third-order valence-electron chi connectivity index (χ3n) is 2.70. The van der Waals surface area contributed by atoms with Crippen LogP contribution >= 0.6 is 24.0 Å². The van der Waals surface area contributed by atoms with Crippen LogP contribution in [0.15, 0.2) is 29.3 Å². The van der Waals surface area contributed by atoms with Gasteiger partial charge in [0.1, 0.15) is 17.7 Å². The molecule has 0 saturated carbocycles. The molecule has 0 heterocycles. The topological polar surface area (TPSA) is 45.7 Å². The van der Waals surface area contributed by atoms with Gasteiger partial charge in [0.15, 0.2) is 5.96 Å². The zero-order valence-electron chi connectivity index (χ0n) is 12.5. The van der Waals surface area contributed by atoms with Crippen molar-refractivity contribution < 1.29 is 17.9 Å². The van der Waals surface area contributed by atoms with Gasteiger partial charge in [0.25, 0.3) is 6.43 Å². The second-order valence-electron chi connectivity index (χ2n) is 4.33. The standard InChI is InChI=1S/C14H20F3N3O.HI/c1-3-11(21-12-6-4-5-10(15)7-12)8-19-14(18-2)20-9-13(16)17;/h4-7,11,13H,3,8-9H2,1-2H3,(H2,18,19,20);1H. The number of guanidine groups is 1. The maximum atomic E-state index is 13.1. The van der Waals surface area contributed by atoms with Crippen LogP contribution < -0.4 is 15.4 Å². The van der Waals surface area contributed by atoms with Crippen molar-refractivity contribution in [2.75, 3.05) is 20.1 Å². The van der Waals surface area contributed by atoms with Gasteiger partial charge in [0.05, 0.1) is 13.1 Å². The fourth-order valence-corrected chi connectivity index (χ4v) is 1.61. The van der Waals surface area contributed by atoms with Crippen LogP contribution in [0.3, 0.4) is 0 Å². The number of hydrogen-bond acceptors (Lipinski definition) is 2. The van der Waals surface area contributed by atoms with Crippen molar-refractivity contribution in [3.8, 4) is 5.75 Å². The molecular formula is C14H21F3IN3O. The van der Waals surface area contributed by atoms with Crippen molar-refractivity contribution in [3.05, 3.63) is 30.1 Å². The average molecular weight is 431 g/mol. The molecule has 1 aromatic carbocycles. The number of aliphatic imine (C=N–C) groups is 1. The van der Waals surface area contributed by atoms with E-state index in [4.69, 9.17) is 4.74 Å². The summed E-state index contributed by atoms with van der Waals surface area (Å²) in [4.78, 5) is 3.83. The van der Waals surface area contributed by atoms with E-state index in [1.807, 2.05) is 6.92 Å². The highest BCUT2D eigenvalue weighted by Gasteiger charge is 2.10. The first-order chi connectivity index (χ1) is 10.0. The van der Waals surface area contributed by atoms with E-state index in [1.54, 1.807) is 12.1 Å². The van der Waals surface area contributed by atoms with Gasteiger partial charge >= 0.3 is 0 Å². The van der Waals surface area contributed by atoms with Crippen molar-refractivity contribution in [1.29, 1.82) is 0 Å². The minimum absolute atomic E-state index is 0. The lowest BCUT2D eigenvalue weighted by Gasteiger charge is -2.20. The Bertz CT molecular complexity index is 461. The Labute approximate surface area is 145 Å². The second-order valence-corrected chi connectivity index (χ2v) is 4.33. The Morgan fingerprint density at radius 2 is 1.95 bits per heavy atom. The molecule has 0 fully saturated rings. The Morgan fingerprint density at radius 1 is 1.27 bits per heavy atom. The summed E-state index contributed by atoms with van der Waals surface area (Å²) in [7, 11) is 1.50. The van der Waals surface area contributed by atoms with Crippen LogP contribution in [0, 0.1) is 5.82 Å². The molecule has 0 aromatic heterocycles. The highest BCUT2D eigenvalue weighted by atomic mass is 127. The van der Waals surface area contributed by atoms with Gasteiger partial charge in [0.2, 0.25) is 0 Å². The summed E-state index contributed by atoms with van der Waals surface area (Å²) in [5.74, 6) is 0.334. The van der Waals surface area contributed by atoms with Gasteiger partial charge in [-0.05, 0) is 18.6 Å². The van der Waals surface area contributed by atoms with Crippen LogP contribution in [-0.4, -0.2) is 38.6 Å². The Morgan fingerprint density at radius 3 is 2.50 bits per heavy atom. The SMILES string of the molecule is CCC(CNC(=NC)NCC(F)F)Oc1cccc(F)c1.I. The van der Waals surface area contributed by atoms with Crippen LogP contribution in [-0.2, 0) is 0 Å². The van der Waals surface area contributed by atoms with Gasteiger partial charge in [-0.15, -0.1) is 24.0 Å². The van der Waals surface area contributed by atoms with E-state index in [0.29, 0.717) is 18.7 Å². The van der Waals surface area contributed by atoms with Gasteiger partial charge in [-0.1, -0.05) is 13.0 Å². The predicted molar refractivity (Wildman–Crippen MR) is 91.9 cm³/mol. The summed E-state index contributed by atoms with van der Waals surface area (Å²) in [5, 5.41) is 5.39. The van der Waals surface area contributed by atoms with E-state index in [1.165, 1.54) is 19.2 Å². The molecule has 1 rings (SSSR count). The van der Waals surface area contributed by atoms with E-state index in [0.717, 1.165) is 0 Å². The highest BCUT2D eigenvalue weighted by molar-refractivity contribution is 14.0. The molecule has 0 aliphatic carbocycles. The molecule has 0 radical (unpaired) electrons. The molecule has 4 nitrogen and oxygen atoms in total. The molecule has 8 heteroatoms. The molecule has 0 bridgehead atoms. The first kappa shape index (κ1) is 20.8. The third kappa shape index (κ3) is 8.30. The molecule has 1 unspecified atom stereocenters. The molecule has 0 aliphatic rings. The average Bonchev–Trinajstić information content (AvgIpc) is 2.45. The Balaban J connectivity index is 0.00000441. The van der Waals surface area contributed by atoms with Gasteiger partial charge in [0, 0.05) is 13.1 Å². The number of benzene rings is 1. The quantitative estimate of drug-likeness (QED) is 0.397. The normalized spacial score (nSPS) is 12.5. The fourth-order valence-electron chi connectivity index (χ4n) is 1.61. The van der Waals surface area contributed by atoms with Crippen LogP contribution in [0.1, 0.15) is 13.3 Å². The number of nitrogens with zero attached hydrogens (tertiary/aromatic N) is 1. The lowest BCUT2D eigenvalue weighted by molar-refractivity contribution is 0.152. The maximum absolute atomic E-state index is 13.1. The first-order valence-corrected chi connectivity index (χ1v) is 6.70. The lowest BCUT2D eigenvalue weighted by Crippen LogP contribution is -2.43. The monoisotopic (exact) mass is 431 g/mol. The molecule has 2 N–H and O–H groups in total. The van der Waals surface area contributed by atoms with Crippen LogP contribution in [0.4, 0.5) is 13.2 Å². The van der Waals surface area contributed by atoms with Gasteiger partial charge in [-0.3, -0.25) is 4.99 Å². The molecule has 1 atom stereocenters. The minimum atomic E-state index is -2.45. The van der Waals surface area contributed by atoms with Crippen molar-refractivity contribution in [2.45, 2.75) is 25.9 Å². The Kier molecular flexibility index (Phi) is 10.8. The van der Waals surface area contributed by atoms with E-state index in [2.05, 4.69) is 15.6 Å². The van der Waals surface area contributed by atoms with E-state index in [9.17, 15) is 13.2 Å². The van der Waals surface area contributed by atoms with Crippen molar-refractivity contribution >= 4 is 29.9 Å². The van der Waals surface area contributed by atoms with Gasteiger partial charge < -0.3 is 15.4 Å².